The number of halogens is 1. The summed E-state index contributed by atoms with van der Waals surface area (Å²) >= 11 is 7.29. The minimum absolute atomic E-state index is 0.472. The molecule has 1 N–H and O–H groups in total. The Morgan fingerprint density at radius 3 is 2.76 bits per heavy atom. The van der Waals surface area contributed by atoms with Crippen molar-refractivity contribution in [2.24, 2.45) is 0 Å². The molecule has 0 radical (unpaired) electrons. The van der Waals surface area contributed by atoms with Crippen LogP contribution >= 0.6 is 22.9 Å². The van der Waals surface area contributed by atoms with Gasteiger partial charge in [-0.05, 0) is 12.6 Å². The normalized spacial score (nSPS) is 19.8. The largest absolute Gasteiger partial charge is 0.273 e. The van der Waals surface area contributed by atoms with E-state index in [-0.39, 0.29) is 0 Å². The Hall–Kier alpha value is -1.78. The van der Waals surface area contributed by atoms with Gasteiger partial charge in [0.25, 0.3) is 0 Å². The lowest BCUT2D eigenvalue weighted by atomic mass is 10.2. The lowest BCUT2D eigenvalue weighted by Gasteiger charge is -2.45. The molecule has 1 atom stereocenters. The highest BCUT2D eigenvalue weighted by molar-refractivity contribution is 7.15. The number of aromatic nitrogens is 1. The molecule has 1 aliphatic heterocycles. The predicted octanol–water partition coefficient (Wildman–Crippen LogP) is 2.03. The molecule has 1 saturated heterocycles. The van der Waals surface area contributed by atoms with Gasteiger partial charge in [-0.2, -0.15) is 0 Å². The molecular formula is C15H19ClN6O2S. The summed E-state index contributed by atoms with van der Waals surface area (Å²) in [5.41, 5.74) is 3.60. The Balaban J connectivity index is 1.74. The van der Waals surface area contributed by atoms with Gasteiger partial charge in [0.1, 0.15) is 0 Å². The van der Waals surface area contributed by atoms with Gasteiger partial charge in [0, 0.05) is 24.2 Å². The molecule has 2 heterocycles. The fourth-order valence-electron chi connectivity index (χ4n) is 2.96. The Labute approximate surface area is 154 Å². The maximum absolute atomic E-state index is 11.0. The van der Waals surface area contributed by atoms with Crippen molar-refractivity contribution < 1.29 is 5.03 Å². The fourth-order valence-corrected chi connectivity index (χ4v) is 3.96. The average Bonchev–Trinajstić information content (AvgIpc) is 2.96. The first-order chi connectivity index (χ1) is 12.0. The van der Waals surface area contributed by atoms with Crippen LogP contribution in [0.5, 0.6) is 0 Å². The lowest BCUT2D eigenvalue weighted by molar-refractivity contribution is -0.564. The van der Waals surface area contributed by atoms with Crippen LogP contribution in [-0.4, -0.2) is 51.4 Å². The zero-order chi connectivity index (χ0) is 17.8. The predicted molar refractivity (Wildman–Crippen MR) is 96.1 cm³/mol. The molecule has 0 amide bonds. The van der Waals surface area contributed by atoms with E-state index in [0.29, 0.717) is 24.3 Å². The number of nitrogens with one attached hydrogen (secondary N) is 1. The van der Waals surface area contributed by atoms with Crippen molar-refractivity contribution in [2.75, 3.05) is 20.4 Å². The number of nitro groups is 1. The summed E-state index contributed by atoms with van der Waals surface area (Å²) in [6.45, 7) is 2.53. The highest BCUT2D eigenvalue weighted by Gasteiger charge is 2.34. The van der Waals surface area contributed by atoms with Crippen molar-refractivity contribution in [3.63, 3.8) is 0 Å². The van der Waals surface area contributed by atoms with Gasteiger partial charge in [0.2, 0.25) is 0 Å². The smallest absolute Gasteiger partial charge is 0.197 e. The van der Waals surface area contributed by atoms with Crippen molar-refractivity contribution in [1.82, 2.24) is 25.1 Å². The van der Waals surface area contributed by atoms with E-state index in [0.717, 1.165) is 11.4 Å². The summed E-state index contributed by atoms with van der Waals surface area (Å²) in [6.07, 6.45) is 1.22. The number of hydrazine groups is 1. The van der Waals surface area contributed by atoms with E-state index in [4.69, 9.17) is 11.6 Å². The summed E-state index contributed by atoms with van der Waals surface area (Å²) in [4.78, 5) is 22.1. The van der Waals surface area contributed by atoms with E-state index in [1.165, 1.54) is 16.9 Å². The molecule has 0 spiro atoms. The number of hydrogen-bond donors (Lipinski definition) is 1. The molecule has 0 aliphatic carbocycles. The molecule has 1 unspecified atom stereocenters. The van der Waals surface area contributed by atoms with E-state index >= 15 is 0 Å². The monoisotopic (exact) mass is 382 g/mol. The minimum Gasteiger partial charge on any atom is -0.273 e. The van der Waals surface area contributed by atoms with E-state index in [9.17, 15) is 10.1 Å². The van der Waals surface area contributed by atoms with Crippen LogP contribution in [0.2, 0.25) is 4.47 Å². The molecule has 1 fully saturated rings. The molecule has 0 bridgehead atoms. The zero-order valence-electron chi connectivity index (χ0n) is 13.7. The van der Waals surface area contributed by atoms with Crippen LogP contribution in [-0.2, 0) is 13.1 Å². The average molecular weight is 383 g/mol. The van der Waals surface area contributed by atoms with Crippen LogP contribution in [0, 0.1) is 10.1 Å². The van der Waals surface area contributed by atoms with Crippen molar-refractivity contribution >= 4 is 22.9 Å². The molecule has 134 valence electrons. The molecule has 2 aromatic rings. The molecule has 3 rings (SSSR count). The van der Waals surface area contributed by atoms with Gasteiger partial charge in [-0.15, -0.1) is 16.8 Å². The fraction of sp³-hybridized carbons (Fsp3) is 0.400. The quantitative estimate of drug-likeness (QED) is 0.605. The molecule has 1 aromatic carbocycles. The van der Waals surface area contributed by atoms with Crippen molar-refractivity contribution in [2.45, 2.75) is 19.4 Å². The van der Waals surface area contributed by atoms with Gasteiger partial charge in [0.05, 0.1) is 13.3 Å². The Kier molecular flexibility index (Phi) is 5.82. The zero-order valence-corrected chi connectivity index (χ0v) is 15.3. The van der Waals surface area contributed by atoms with Crippen molar-refractivity contribution in [3.8, 4) is 0 Å². The maximum atomic E-state index is 11.0. The highest BCUT2D eigenvalue weighted by atomic mass is 35.5. The SMILES string of the molecule is CN1CN(Cc2ccccc2)CN(Cc2cnc(Cl)s2)C1N[N+](=O)[O-]. The summed E-state index contributed by atoms with van der Waals surface area (Å²) in [5, 5.41) is 10.5. The van der Waals surface area contributed by atoms with Crippen LogP contribution in [0.25, 0.3) is 0 Å². The molecule has 8 nitrogen and oxygen atoms in total. The molecule has 0 saturated carbocycles. The van der Waals surface area contributed by atoms with Gasteiger partial charge in [-0.25, -0.2) is 20.0 Å². The van der Waals surface area contributed by atoms with Gasteiger partial charge in [0.15, 0.2) is 15.8 Å². The van der Waals surface area contributed by atoms with Crippen molar-refractivity contribution in [3.05, 3.63) is 61.6 Å². The first-order valence-electron chi connectivity index (χ1n) is 7.72. The Bertz CT molecular complexity index is 715. The van der Waals surface area contributed by atoms with Crippen molar-refractivity contribution in [1.29, 1.82) is 0 Å². The lowest BCUT2D eigenvalue weighted by Crippen LogP contribution is -2.65. The molecule has 25 heavy (non-hydrogen) atoms. The number of rotatable bonds is 6. The first-order valence-corrected chi connectivity index (χ1v) is 8.92. The van der Waals surface area contributed by atoms with Crippen LogP contribution in [0.3, 0.4) is 0 Å². The standard InChI is InChI=1S/C15H19ClN6O2S/c1-19-10-20(8-12-5-3-2-4-6-12)11-21(15(19)18-22(23)24)9-13-7-17-14(16)25-13/h2-7,15,18H,8-11H2,1H3. The summed E-state index contributed by atoms with van der Waals surface area (Å²) < 4.78 is 0.472. The number of thiazole rings is 1. The third kappa shape index (κ3) is 4.86. The van der Waals surface area contributed by atoms with Gasteiger partial charge < -0.3 is 0 Å². The minimum atomic E-state index is -0.499. The first kappa shape index (κ1) is 18.0. The van der Waals surface area contributed by atoms with Crippen LogP contribution in [0.1, 0.15) is 10.4 Å². The third-order valence-electron chi connectivity index (χ3n) is 3.92. The van der Waals surface area contributed by atoms with Gasteiger partial charge >= 0.3 is 0 Å². The second kappa shape index (κ2) is 8.07. The Morgan fingerprint density at radius 1 is 1.36 bits per heavy atom. The summed E-state index contributed by atoms with van der Waals surface area (Å²) in [5.74, 6) is 0. The number of nitrogens with zero attached hydrogens (tertiary/aromatic N) is 5. The maximum Gasteiger partial charge on any atom is 0.197 e. The Morgan fingerprint density at radius 2 is 2.12 bits per heavy atom. The summed E-state index contributed by atoms with van der Waals surface area (Å²) in [6, 6.07) is 10.2. The third-order valence-corrected chi connectivity index (χ3v) is 5.02. The number of benzene rings is 1. The van der Waals surface area contributed by atoms with Crippen LogP contribution in [0.4, 0.5) is 0 Å². The highest BCUT2D eigenvalue weighted by Crippen LogP contribution is 2.23. The molecule has 1 aliphatic rings. The topological polar surface area (TPSA) is 77.8 Å². The molecule has 10 heteroatoms. The molecular weight excluding hydrogens is 364 g/mol. The van der Waals surface area contributed by atoms with E-state index in [1.54, 1.807) is 6.20 Å². The second-order valence-electron chi connectivity index (χ2n) is 5.94. The summed E-state index contributed by atoms with van der Waals surface area (Å²) in [7, 11) is 1.87. The van der Waals surface area contributed by atoms with E-state index < -0.39 is 11.3 Å². The van der Waals surface area contributed by atoms with Gasteiger partial charge in [-0.3, -0.25) is 9.80 Å². The van der Waals surface area contributed by atoms with Crippen LogP contribution in [0.15, 0.2) is 36.5 Å². The van der Waals surface area contributed by atoms with Crippen LogP contribution < -0.4 is 5.43 Å². The van der Waals surface area contributed by atoms with E-state index in [1.807, 2.05) is 35.0 Å². The second-order valence-corrected chi connectivity index (χ2v) is 7.64. The number of hydrogen-bond acceptors (Lipinski definition) is 7. The molecule has 1 aromatic heterocycles. The van der Waals surface area contributed by atoms with E-state index in [2.05, 4.69) is 27.4 Å². The van der Waals surface area contributed by atoms with Gasteiger partial charge in [-0.1, -0.05) is 41.9 Å².